The predicted octanol–water partition coefficient (Wildman–Crippen LogP) is 4.24. The first-order valence-corrected chi connectivity index (χ1v) is 5.01. The molecule has 2 rings (SSSR count). The molecule has 0 saturated heterocycles. The molecule has 0 aromatic heterocycles. The lowest BCUT2D eigenvalue weighted by atomic mass is 10.1. The van der Waals surface area contributed by atoms with Gasteiger partial charge in [0.15, 0.2) is 0 Å². The molecule has 0 nitrogen and oxygen atoms in total. The average Bonchev–Trinajstić information content (AvgIpc) is 2.29. The summed E-state index contributed by atoms with van der Waals surface area (Å²) in [6.45, 7) is 3.63. The monoisotopic (exact) mass is 193 g/mol. The smallest absolute Gasteiger partial charge is 0.0178 e. The topological polar surface area (TPSA) is 0 Å². The fourth-order valence-corrected chi connectivity index (χ4v) is 1.56. The summed E-state index contributed by atoms with van der Waals surface area (Å²) in [6.07, 6.45) is 7.78. The van der Waals surface area contributed by atoms with E-state index in [9.17, 15) is 0 Å². The highest BCUT2D eigenvalue weighted by atomic mass is 14.0. The SMILES string of the molecule is [CH2]C=CC=Cc1ccc2ccccc2c1. The fraction of sp³-hybridized carbons (Fsp3) is 0. The Hall–Kier alpha value is -1.82. The number of rotatable bonds is 2. The number of hydrogen-bond donors (Lipinski definition) is 0. The van der Waals surface area contributed by atoms with Crippen LogP contribution in [0.3, 0.4) is 0 Å². The molecule has 0 aliphatic carbocycles. The molecule has 0 aliphatic heterocycles. The van der Waals surface area contributed by atoms with Crippen molar-refractivity contribution in [3.8, 4) is 0 Å². The third kappa shape index (κ3) is 2.35. The van der Waals surface area contributed by atoms with E-state index >= 15 is 0 Å². The normalized spacial score (nSPS) is 11.8. The van der Waals surface area contributed by atoms with Gasteiger partial charge in [-0.15, -0.1) is 0 Å². The van der Waals surface area contributed by atoms with Crippen molar-refractivity contribution in [1.82, 2.24) is 0 Å². The van der Waals surface area contributed by atoms with Crippen LogP contribution in [0.15, 0.2) is 60.7 Å². The summed E-state index contributed by atoms with van der Waals surface area (Å²) >= 11 is 0. The van der Waals surface area contributed by atoms with Crippen LogP contribution in [0.1, 0.15) is 5.56 Å². The fourth-order valence-electron chi connectivity index (χ4n) is 1.56. The quantitative estimate of drug-likeness (QED) is 0.626. The molecule has 0 amide bonds. The molecule has 0 bridgehead atoms. The van der Waals surface area contributed by atoms with Gasteiger partial charge in [-0.25, -0.2) is 0 Å². The Bertz CT molecular complexity index is 504. The molecule has 0 saturated carbocycles. The summed E-state index contributed by atoms with van der Waals surface area (Å²) in [5.41, 5.74) is 1.21. The number of fused-ring (bicyclic) bond motifs is 1. The van der Waals surface area contributed by atoms with Crippen LogP contribution >= 0.6 is 0 Å². The van der Waals surface area contributed by atoms with Gasteiger partial charge in [-0.2, -0.15) is 0 Å². The van der Waals surface area contributed by atoms with Crippen LogP contribution in [0.5, 0.6) is 0 Å². The Morgan fingerprint density at radius 1 is 0.867 bits per heavy atom. The maximum Gasteiger partial charge on any atom is -0.0178 e. The maximum atomic E-state index is 3.63. The first-order chi connectivity index (χ1) is 7.40. The molecule has 0 atom stereocenters. The Morgan fingerprint density at radius 3 is 2.47 bits per heavy atom. The van der Waals surface area contributed by atoms with Crippen molar-refractivity contribution in [3.63, 3.8) is 0 Å². The third-order valence-corrected chi connectivity index (χ3v) is 2.31. The van der Waals surface area contributed by atoms with Crippen LogP contribution in [-0.4, -0.2) is 0 Å². The zero-order chi connectivity index (χ0) is 10.5. The van der Waals surface area contributed by atoms with Gasteiger partial charge in [-0.1, -0.05) is 60.7 Å². The second kappa shape index (κ2) is 4.61. The molecule has 0 heterocycles. The predicted molar refractivity (Wildman–Crippen MR) is 67.5 cm³/mol. The minimum atomic E-state index is 1.21. The molecule has 0 heteroatoms. The summed E-state index contributed by atoms with van der Waals surface area (Å²) in [6, 6.07) is 14.8. The third-order valence-electron chi connectivity index (χ3n) is 2.31. The summed E-state index contributed by atoms with van der Waals surface area (Å²) in [4.78, 5) is 0. The van der Waals surface area contributed by atoms with E-state index in [0.29, 0.717) is 0 Å². The Labute approximate surface area is 90.6 Å². The minimum absolute atomic E-state index is 1.21. The van der Waals surface area contributed by atoms with E-state index < -0.39 is 0 Å². The summed E-state index contributed by atoms with van der Waals surface area (Å²) in [5.74, 6) is 0. The molecule has 0 fully saturated rings. The van der Waals surface area contributed by atoms with E-state index in [2.05, 4.69) is 55.5 Å². The van der Waals surface area contributed by atoms with Gasteiger partial charge in [-0.3, -0.25) is 0 Å². The number of hydrogen-bond acceptors (Lipinski definition) is 0. The van der Waals surface area contributed by atoms with E-state index in [4.69, 9.17) is 0 Å². The molecule has 0 spiro atoms. The highest BCUT2D eigenvalue weighted by Gasteiger charge is 1.91. The van der Waals surface area contributed by atoms with Crippen molar-refractivity contribution in [2.45, 2.75) is 0 Å². The first-order valence-electron chi connectivity index (χ1n) is 5.01. The van der Waals surface area contributed by atoms with E-state index in [-0.39, 0.29) is 0 Å². The van der Waals surface area contributed by atoms with Gasteiger partial charge in [0.2, 0.25) is 0 Å². The van der Waals surface area contributed by atoms with Gasteiger partial charge in [0.25, 0.3) is 0 Å². The Morgan fingerprint density at radius 2 is 1.67 bits per heavy atom. The minimum Gasteiger partial charge on any atom is -0.0842 e. The lowest BCUT2D eigenvalue weighted by Gasteiger charge is -1.98. The zero-order valence-corrected chi connectivity index (χ0v) is 8.56. The summed E-state index contributed by atoms with van der Waals surface area (Å²) < 4.78 is 0. The van der Waals surface area contributed by atoms with Gasteiger partial charge < -0.3 is 0 Å². The van der Waals surface area contributed by atoms with E-state index in [0.717, 1.165) is 0 Å². The van der Waals surface area contributed by atoms with Gasteiger partial charge in [-0.05, 0) is 29.3 Å². The Kier molecular flexibility index (Phi) is 2.99. The van der Waals surface area contributed by atoms with Crippen molar-refractivity contribution in [2.75, 3.05) is 0 Å². The Balaban J connectivity index is 2.38. The zero-order valence-electron chi connectivity index (χ0n) is 8.56. The standard InChI is InChI=1S/C15H13/c1-2-3-4-7-13-10-11-14-8-5-6-9-15(14)12-13/h2-12H,1H2. The lowest BCUT2D eigenvalue weighted by Crippen LogP contribution is -1.74. The van der Waals surface area contributed by atoms with Crippen LogP contribution < -0.4 is 0 Å². The van der Waals surface area contributed by atoms with Gasteiger partial charge >= 0.3 is 0 Å². The highest BCUT2D eigenvalue weighted by Crippen LogP contribution is 2.16. The van der Waals surface area contributed by atoms with Gasteiger partial charge in [0.05, 0.1) is 0 Å². The molecule has 1 radical (unpaired) electrons. The number of benzene rings is 2. The lowest BCUT2D eigenvalue weighted by molar-refractivity contribution is 1.70. The van der Waals surface area contributed by atoms with Gasteiger partial charge in [0, 0.05) is 0 Å². The highest BCUT2D eigenvalue weighted by molar-refractivity contribution is 5.84. The summed E-state index contributed by atoms with van der Waals surface area (Å²) in [5, 5.41) is 2.56. The van der Waals surface area contributed by atoms with Crippen molar-refractivity contribution in [3.05, 3.63) is 73.2 Å². The molecule has 73 valence electrons. The number of allylic oxidation sites excluding steroid dienone is 3. The van der Waals surface area contributed by atoms with E-state index in [1.165, 1.54) is 16.3 Å². The van der Waals surface area contributed by atoms with E-state index in [1.54, 1.807) is 6.08 Å². The molecular weight excluding hydrogens is 180 g/mol. The largest absolute Gasteiger partial charge is 0.0842 e. The van der Waals surface area contributed by atoms with E-state index in [1.807, 2.05) is 12.2 Å². The van der Waals surface area contributed by atoms with Crippen molar-refractivity contribution >= 4 is 16.8 Å². The second-order valence-electron chi connectivity index (χ2n) is 3.39. The molecule has 15 heavy (non-hydrogen) atoms. The molecular formula is C15H13. The van der Waals surface area contributed by atoms with Crippen LogP contribution in [0.2, 0.25) is 0 Å². The van der Waals surface area contributed by atoms with Crippen LogP contribution in [-0.2, 0) is 0 Å². The van der Waals surface area contributed by atoms with Gasteiger partial charge in [0.1, 0.15) is 0 Å². The van der Waals surface area contributed by atoms with Crippen LogP contribution in [0.25, 0.3) is 16.8 Å². The van der Waals surface area contributed by atoms with Crippen molar-refractivity contribution < 1.29 is 0 Å². The molecule has 0 unspecified atom stereocenters. The molecule has 0 aliphatic rings. The van der Waals surface area contributed by atoms with Crippen LogP contribution in [0, 0.1) is 6.92 Å². The first kappa shape index (κ1) is 9.72. The second-order valence-corrected chi connectivity index (χ2v) is 3.39. The average molecular weight is 193 g/mol. The van der Waals surface area contributed by atoms with Crippen LogP contribution in [0.4, 0.5) is 0 Å². The molecule has 2 aromatic carbocycles. The van der Waals surface area contributed by atoms with Crippen molar-refractivity contribution in [1.29, 1.82) is 0 Å². The maximum absolute atomic E-state index is 3.63. The summed E-state index contributed by atoms with van der Waals surface area (Å²) in [7, 11) is 0. The van der Waals surface area contributed by atoms with Crippen molar-refractivity contribution in [2.24, 2.45) is 0 Å². The molecule has 2 aromatic rings. The molecule has 0 N–H and O–H groups in total.